The summed E-state index contributed by atoms with van der Waals surface area (Å²) in [7, 11) is 0. The summed E-state index contributed by atoms with van der Waals surface area (Å²) in [6.45, 7) is 2.17. The van der Waals surface area contributed by atoms with E-state index in [1.54, 1.807) is 12.1 Å². The molecule has 1 N–H and O–H groups in total. The summed E-state index contributed by atoms with van der Waals surface area (Å²) in [6, 6.07) is 7.27. The summed E-state index contributed by atoms with van der Waals surface area (Å²) in [5.41, 5.74) is 1.49. The molecule has 3 heteroatoms. The standard InChI is InChI=1S/C11H14O3/c1-9-5-2-3-6-10(9)11(13)14-8-4-7-12/h2-3,5-6,12H,4,7-8H2,1H3. The van der Waals surface area contributed by atoms with Crippen molar-refractivity contribution in [3.63, 3.8) is 0 Å². The van der Waals surface area contributed by atoms with Crippen LogP contribution in [0.15, 0.2) is 24.3 Å². The molecule has 0 bridgehead atoms. The van der Waals surface area contributed by atoms with Gasteiger partial charge in [0, 0.05) is 13.0 Å². The van der Waals surface area contributed by atoms with Gasteiger partial charge in [0.15, 0.2) is 0 Å². The van der Waals surface area contributed by atoms with E-state index in [-0.39, 0.29) is 19.2 Å². The van der Waals surface area contributed by atoms with Crippen molar-refractivity contribution in [1.29, 1.82) is 0 Å². The smallest absolute Gasteiger partial charge is 0.338 e. The van der Waals surface area contributed by atoms with Gasteiger partial charge < -0.3 is 9.84 Å². The third-order valence-corrected chi connectivity index (χ3v) is 1.90. The molecule has 0 saturated heterocycles. The molecule has 0 unspecified atom stereocenters. The van der Waals surface area contributed by atoms with Crippen LogP contribution in [0.4, 0.5) is 0 Å². The number of aliphatic hydroxyl groups excluding tert-OH is 1. The summed E-state index contributed by atoms with van der Waals surface area (Å²) in [4.78, 5) is 11.4. The van der Waals surface area contributed by atoms with Crippen molar-refractivity contribution >= 4 is 5.97 Å². The van der Waals surface area contributed by atoms with E-state index in [4.69, 9.17) is 9.84 Å². The van der Waals surface area contributed by atoms with Gasteiger partial charge in [0.1, 0.15) is 0 Å². The zero-order valence-corrected chi connectivity index (χ0v) is 8.19. The van der Waals surface area contributed by atoms with Gasteiger partial charge in [-0.3, -0.25) is 0 Å². The SMILES string of the molecule is Cc1ccccc1C(=O)OCCCO. The lowest BCUT2D eigenvalue weighted by atomic mass is 10.1. The number of carbonyl (C=O) groups excluding carboxylic acids is 1. The first-order chi connectivity index (χ1) is 6.75. The minimum atomic E-state index is -0.323. The van der Waals surface area contributed by atoms with Crippen molar-refractivity contribution in [2.45, 2.75) is 13.3 Å². The molecular weight excluding hydrogens is 180 g/mol. The van der Waals surface area contributed by atoms with Gasteiger partial charge in [-0.05, 0) is 18.6 Å². The molecule has 1 aromatic carbocycles. The predicted octanol–water partition coefficient (Wildman–Crippen LogP) is 1.53. The molecule has 0 heterocycles. The van der Waals surface area contributed by atoms with E-state index in [0.717, 1.165) is 5.56 Å². The van der Waals surface area contributed by atoms with E-state index in [2.05, 4.69) is 0 Å². The predicted molar refractivity (Wildman–Crippen MR) is 53.2 cm³/mol. The first-order valence-corrected chi connectivity index (χ1v) is 4.59. The highest BCUT2D eigenvalue weighted by atomic mass is 16.5. The third kappa shape index (κ3) is 2.85. The largest absolute Gasteiger partial charge is 0.462 e. The molecule has 0 aliphatic heterocycles. The zero-order chi connectivity index (χ0) is 10.4. The molecule has 0 radical (unpaired) electrons. The molecule has 0 aromatic heterocycles. The molecule has 76 valence electrons. The highest BCUT2D eigenvalue weighted by Crippen LogP contribution is 2.08. The van der Waals surface area contributed by atoms with Crippen LogP contribution in [0.5, 0.6) is 0 Å². The Kier molecular flexibility index (Phi) is 4.13. The van der Waals surface area contributed by atoms with Crippen molar-refractivity contribution in [1.82, 2.24) is 0 Å². The Labute approximate surface area is 83.3 Å². The van der Waals surface area contributed by atoms with Gasteiger partial charge in [0.05, 0.1) is 12.2 Å². The normalized spacial score (nSPS) is 9.86. The first-order valence-electron chi connectivity index (χ1n) is 4.59. The minimum Gasteiger partial charge on any atom is -0.462 e. The minimum absolute atomic E-state index is 0.0427. The third-order valence-electron chi connectivity index (χ3n) is 1.90. The summed E-state index contributed by atoms with van der Waals surface area (Å²) in [6.07, 6.45) is 0.484. The average Bonchev–Trinajstić information content (AvgIpc) is 2.18. The van der Waals surface area contributed by atoms with Crippen molar-refractivity contribution in [3.8, 4) is 0 Å². The summed E-state index contributed by atoms with van der Waals surface area (Å²) in [5, 5.41) is 8.51. The van der Waals surface area contributed by atoms with Crippen LogP contribution in [0.2, 0.25) is 0 Å². The number of ether oxygens (including phenoxy) is 1. The van der Waals surface area contributed by atoms with Crippen LogP contribution in [0.25, 0.3) is 0 Å². The molecular formula is C11H14O3. The van der Waals surface area contributed by atoms with Crippen molar-refractivity contribution < 1.29 is 14.6 Å². The number of aliphatic hydroxyl groups is 1. The van der Waals surface area contributed by atoms with Gasteiger partial charge in [0.25, 0.3) is 0 Å². The number of aryl methyl sites for hydroxylation is 1. The Bertz CT molecular complexity index is 307. The van der Waals surface area contributed by atoms with Gasteiger partial charge in [-0.2, -0.15) is 0 Å². The lowest BCUT2D eigenvalue weighted by Gasteiger charge is -2.05. The second kappa shape index (κ2) is 5.40. The topological polar surface area (TPSA) is 46.5 Å². The number of benzene rings is 1. The van der Waals surface area contributed by atoms with E-state index in [9.17, 15) is 4.79 Å². The fourth-order valence-electron chi connectivity index (χ4n) is 1.11. The van der Waals surface area contributed by atoms with Crippen LogP contribution in [0.3, 0.4) is 0 Å². The Hall–Kier alpha value is -1.35. The van der Waals surface area contributed by atoms with E-state index < -0.39 is 0 Å². The van der Waals surface area contributed by atoms with Crippen LogP contribution in [0.1, 0.15) is 22.3 Å². The number of carbonyl (C=O) groups is 1. The Morgan fingerprint density at radius 1 is 1.43 bits per heavy atom. The average molecular weight is 194 g/mol. The lowest BCUT2D eigenvalue weighted by Crippen LogP contribution is -2.08. The van der Waals surface area contributed by atoms with Gasteiger partial charge in [-0.25, -0.2) is 4.79 Å². The molecule has 14 heavy (non-hydrogen) atoms. The molecule has 0 fully saturated rings. The number of rotatable bonds is 4. The van der Waals surface area contributed by atoms with E-state index in [0.29, 0.717) is 12.0 Å². The van der Waals surface area contributed by atoms with Crippen molar-refractivity contribution in [2.75, 3.05) is 13.2 Å². The van der Waals surface area contributed by atoms with Crippen LogP contribution < -0.4 is 0 Å². The van der Waals surface area contributed by atoms with Gasteiger partial charge in [-0.1, -0.05) is 18.2 Å². The van der Waals surface area contributed by atoms with Crippen LogP contribution >= 0.6 is 0 Å². The first kappa shape index (κ1) is 10.7. The van der Waals surface area contributed by atoms with E-state index in [1.807, 2.05) is 19.1 Å². The lowest BCUT2D eigenvalue weighted by molar-refractivity contribution is 0.0481. The molecule has 0 amide bonds. The molecule has 0 spiro atoms. The monoisotopic (exact) mass is 194 g/mol. The fraction of sp³-hybridized carbons (Fsp3) is 0.364. The van der Waals surface area contributed by atoms with E-state index in [1.165, 1.54) is 0 Å². The number of esters is 1. The molecule has 3 nitrogen and oxygen atoms in total. The molecule has 1 aromatic rings. The number of hydrogen-bond donors (Lipinski definition) is 1. The van der Waals surface area contributed by atoms with Gasteiger partial charge >= 0.3 is 5.97 Å². The van der Waals surface area contributed by atoms with Crippen LogP contribution in [-0.2, 0) is 4.74 Å². The van der Waals surface area contributed by atoms with Crippen LogP contribution in [0, 0.1) is 6.92 Å². The second-order valence-electron chi connectivity index (χ2n) is 3.03. The van der Waals surface area contributed by atoms with Gasteiger partial charge in [-0.15, -0.1) is 0 Å². The second-order valence-corrected chi connectivity index (χ2v) is 3.03. The highest BCUT2D eigenvalue weighted by molar-refractivity contribution is 5.90. The summed E-state index contributed by atoms with van der Waals surface area (Å²) in [5.74, 6) is -0.323. The Morgan fingerprint density at radius 3 is 2.79 bits per heavy atom. The zero-order valence-electron chi connectivity index (χ0n) is 8.19. The molecule has 0 saturated carbocycles. The highest BCUT2D eigenvalue weighted by Gasteiger charge is 2.08. The Morgan fingerprint density at radius 2 is 2.14 bits per heavy atom. The summed E-state index contributed by atoms with van der Waals surface area (Å²) < 4.78 is 4.95. The maximum Gasteiger partial charge on any atom is 0.338 e. The molecule has 0 aliphatic rings. The van der Waals surface area contributed by atoms with E-state index >= 15 is 0 Å². The quantitative estimate of drug-likeness (QED) is 0.584. The van der Waals surface area contributed by atoms with Gasteiger partial charge in [0.2, 0.25) is 0 Å². The maximum absolute atomic E-state index is 11.4. The molecule has 1 rings (SSSR count). The molecule has 0 atom stereocenters. The number of hydrogen-bond acceptors (Lipinski definition) is 3. The van der Waals surface area contributed by atoms with Crippen LogP contribution in [-0.4, -0.2) is 24.3 Å². The maximum atomic E-state index is 11.4. The summed E-state index contributed by atoms with van der Waals surface area (Å²) >= 11 is 0. The molecule has 0 aliphatic carbocycles. The van der Waals surface area contributed by atoms with Crippen molar-refractivity contribution in [3.05, 3.63) is 35.4 Å². The Balaban J connectivity index is 2.56. The van der Waals surface area contributed by atoms with Crippen molar-refractivity contribution in [2.24, 2.45) is 0 Å². The fourth-order valence-corrected chi connectivity index (χ4v) is 1.11.